The van der Waals surface area contributed by atoms with Crippen molar-refractivity contribution >= 4 is 44.2 Å². The van der Waals surface area contributed by atoms with Crippen LogP contribution in [0.4, 0.5) is 0 Å². The molecule has 1 amide bonds. The maximum absolute atomic E-state index is 13.3. The van der Waals surface area contributed by atoms with E-state index in [0.29, 0.717) is 25.3 Å². The van der Waals surface area contributed by atoms with Crippen LogP contribution in [0.25, 0.3) is 16.5 Å². The van der Waals surface area contributed by atoms with Gasteiger partial charge in [0.25, 0.3) is 11.7 Å². The average molecular weight is 565 g/mol. The summed E-state index contributed by atoms with van der Waals surface area (Å²) in [4.78, 5) is 30.5. The number of amides is 1. The number of carbonyl (C=O) groups excluding carboxylic acids is 2. The van der Waals surface area contributed by atoms with Crippen LogP contribution in [0.5, 0.6) is 5.75 Å². The number of ether oxygens (including phenoxy) is 2. The molecule has 0 aromatic heterocycles. The van der Waals surface area contributed by atoms with E-state index in [2.05, 4.69) is 20.8 Å². The first-order valence-corrected chi connectivity index (χ1v) is 13.2. The summed E-state index contributed by atoms with van der Waals surface area (Å²) in [5, 5.41) is 13.3. The molecule has 3 aromatic carbocycles. The van der Waals surface area contributed by atoms with E-state index in [0.717, 1.165) is 52.6 Å². The Morgan fingerprint density at radius 2 is 1.70 bits per heavy atom. The largest absolute Gasteiger partial charge is 0.507 e. The molecule has 0 saturated carbocycles. The number of ketones is 1. The smallest absolute Gasteiger partial charge is 0.295 e. The van der Waals surface area contributed by atoms with E-state index in [1.807, 2.05) is 54.6 Å². The SMILES string of the molecule is COc1ccc2cc(/C(O)=C3\C(=O)C(=O)N(CCCN4CCOCC4)C3c3ccc(Br)cc3)ccc2c1. The Bertz CT molecular complexity index is 1350. The van der Waals surface area contributed by atoms with Gasteiger partial charge in [-0.15, -0.1) is 0 Å². The zero-order valence-corrected chi connectivity index (χ0v) is 22.2. The zero-order valence-electron chi connectivity index (χ0n) is 20.7. The van der Waals surface area contributed by atoms with Crippen molar-refractivity contribution in [1.82, 2.24) is 9.80 Å². The van der Waals surface area contributed by atoms with Crippen LogP contribution in [0.1, 0.15) is 23.6 Å². The number of halogens is 1. The third-order valence-corrected chi connectivity index (χ3v) is 7.55. The predicted octanol–water partition coefficient (Wildman–Crippen LogP) is 4.75. The highest BCUT2D eigenvalue weighted by Gasteiger charge is 2.45. The molecule has 7 nitrogen and oxygen atoms in total. The van der Waals surface area contributed by atoms with Crippen molar-refractivity contribution in [1.29, 1.82) is 0 Å². The lowest BCUT2D eigenvalue weighted by Crippen LogP contribution is -2.38. The normalized spacial score (nSPS) is 20.1. The van der Waals surface area contributed by atoms with E-state index in [-0.39, 0.29) is 11.3 Å². The van der Waals surface area contributed by atoms with Gasteiger partial charge in [-0.2, -0.15) is 0 Å². The molecular formula is C29H29BrN2O5. The molecule has 37 heavy (non-hydrogen) atoms. The number of methoxy groups -OCH3 is 1. The maximum Gasteiger partial charge on any atom is 0.295 e. The van der Waals surface area contributed by atoms with E-state index in [9.17, 15) is 14.7 Å². The number of fused-ring (bicyclic) bond motifs is 1. The van der Waals surface area contributed by atoms with Gasteiger partial charge in [-0.1, -0.05) is 46.3 Å². The molecule has 0 aliphatic carbocycles. The second-order valence-corrected chi connectivity index (χ2v) is 10.2. The van der Waals surface area contributed by atoms with Crippen molar-refractivity contribution in [3.8, 4) is 5.75 Å². The number of aliphatic hydroxyl groups is 1. The van der Waals surface area contributed by atoms with Crippen LogP contribution < -0.4 is 4.74 Å². The van der Waals surface area contributed by atoms with Gasteiger partial charge < -0.3 is 19.5 Å². The Morgan fingerprint density at radius 3 is 2.43 bits per heavy atom. The summed E-state index contributed by atoms with van der Waals surface area (Å²) in [5.41, 5.74) is 1.39. The van der Waals surface area contributed by atoms with E-state index < -0.39 is 17.7 Å². The highest BCUT2D eigenvalue weighted by molar-refractivity contribution is 9.10. The van der Waals surface area contributed by atoms with Gasteiger partial charge in [0.1, 0.15) is 11.5 Å². The lowest BCUT2D eigenvalue weighted by molar-refractivity contribution is -0.140. The minimum absolute atomic E-state index is 0.117. The maximum atomic E-state index is 13.3. The Kier molecular flexibility index (Phi) is 7.60. The Hall–Kier alpha value is -3.20. The van der Waals surface area contributed by atoms with Crippen LogP contribution >= 0.6 is 15.9 Å². The third kappa shape index (κ3) is 5.28. The quantitative estimate of drug-likeness (QED) is 0.253. The van der Waals surface area contributed by atoms with Gasteiger partial charge in [-0.25, -0.2) is 0 Å². The average Bonchev–Trinajstić information content (AvgIpc) is 3.18. The van der Waals surface area contributed by atoms with Gasteiger partial charge in [0.15, 0.2) is 0 Å². The fourth-order valence-electron chi connectivity index (χ4n) is 5.05. The molecular weight excluding hydrogens is 536 g/mol. The molecule has 1 atom stereocenters. The molecule has 2 heterocycles. The molecule has 2 fully saturated rings. The second kappa shape index (κ2) is 11.0. The van der Waals surface area contributed by atoms with Crippen molar-refractivity contribution in [2.24, 2.45) is 0 Å². The van der Waals surface area contributed by atoms with Crippen molar-refractivity contribution in [3.63, 3.8) is 0 Å². The van der Waals surface area contributed by atoms with Crippen LogP contribution in [0.2, 0.25) is 0 Å². The van der Waals surface area contributed by atoms with E-state index in [1.54, 1.807) is 18.1 Å². The minimum atomic E-state index is -0.663. The van der Waals surface area contributed by atoms with Crippen LogP contribution in [0, 0.1) is 0 Å². The summed E-state index contributed by atoms with van der Waals surface area (Å²) >= 11 is 3.46. The summed E-state index contributed by atoms with van der Waals surface area (Å²) in [7, 11) is 1.61. The first kappa shape index (κ1) is 25.4. The van der Waals surface area contributed by atoms with Crippen LogP contribution in [-0.4, -0.2) is 73.1 Å². The highest BCUT2D eigenvalue weighted by atomic mass is 79.9. The van der Waals surface area contributed by atoms with Crippen LogP contribution in [-0.2, 0) is 14.3 Å². The lowest BCUT2D eigenvalue weighted by atomic mass is 9.94. The summed E-state index contributed by atoms with van der Waals surface area (Å²) in [6.07, 6.45) is 0.720. The zero-order chi connectivity index (χ0) is 25.9. The molecule has 8 heteroatoms. The number of aliphatic hydroxyl groups excluding tert-OH is 1. The van der Waals surface area contributed by atoms with Crippen molar-refractivity contribution in [2.45, 2.75) is 12.5 Å². The number of morpholine rings is 1. The summed E-state index contributed by atoms with van der Waals surface area (Å²) in [6, 6.07) is 18.0. The number of hydrogen-bond donors (Lipinski definition) is 1. The first-order chi connectivity index (χ1) is 18.0. The van der Waals surface area contributed by atoms with Crippen molar-refractivity contribution in [3.05, 3.63) is 81.8 Å². The molecule has 2 aliphatic heterocycles. The topological polar surface area (TPSA) is 79.3 Å². The van der Waals surface area contributed by atoms with E-state index in [4.69, 9.17) is 9.47 Å². The number of carbonyl (C=O) groups is 2. The van der Waals surface area contributed by atoms with Gasteiger partial charge in [-0.3, -0.25) is 14.5 Å². The predicted molar refractivity (Wildman–Crippen MR) is 146 cm³/mol. The summed E-state index contributed by atoms with van der Waals surface area (Å²) < 4.78 is 11.6. The van der Waals surface area contributed by atoms with Gasteiger partial charge in [0, 0.05) is 36.2 Å². The molecule has 0 spiro atoms. The molecule has 2 aliphatic rings. The number of benzene rings is 3. The minimum Gasteiger partial charge on any atom is -0.507 e. The standard InChI is InChI=1S/C29H29BrN2O5/c1-36-24-10-7-20-17-22(4-3-21(20)18-24)27(33)25-26(19-5-8-23(30)9-6-19)32(29(35)28(25)34)12-2-11-31-13-15-37-16-14-31/h3-10,17-18,26,33H,2,11-16H2,1H3/b27-25+. The molecule has 0 bridgehead atoms. The van der Waals surface area contributed by atoms with Gasteiger partial charge >= 0.3 is 0 Å². The second-order valence-electron chi connectivity index (χ2n) is 9.28. The lowest BCUT2D eigenvalue weighted by Gasteiger charge is -2.29. The van der Waals surface area contributed by atoms with Gasteiger partial charge in [0.05, 0.1) is 31.9 Å². The molecule has 0 radical (unpaired) electrons. The van der Waals surface area contributed by atoms with Gasteiger partial charge in [-0.05, 0) is 53.1 Å². The van der Waals surface area contributed by atoms with E-state index in [1.165, 1.54) is 0 Å². The fraction of sp³-hybridized carbons (Fsp3) is 0.310. The van der Waals surface area contributed by atoms with Crippen LogP contribution in [0.15, 0.2) is 70.7 Å². The molecule has 192 valence electrons. The number of hydrogen-bond acceptors (Lipinski definition) is 6. The van der Waals surface area contributed by atoms with Crippen molar-refractivity contribution < 1.29 is 24.2 Å². The fourth-order valence-corrected chi connectivity index (χ4v) is 5.31. The molecule has 1 unspecified atom stereocenters. The Labute approximate surface area is 224 Å². The van der Waals surface area contributed by atoms with Crippen LogP contribution in [0.3, 0.4) is 0 Å². The number of nitrogens with zero attached hydrogens (tertiary/aromatic N) is 2. The van der Waals surface area contributed by atoms with E-state index >= 15 is 0 Å². The molecule has 1 N–H and O–H groups in total. The first-order valence-electron chi connectivity index (χ1n) is 12.4. The third-order valence-electron chi connectivity index (χ3n) is 7.02. The molecule has 2 saturated heterocycles. The molecule has 3 aromatic rings. The number of likely N-dealkylation sites (tertiary alicyclic amines) is 1. The Balaban J connectivity index is 1.50. The van der Waals surface area contributed by atoms with Crippen molar-refractivity contribution in [2.75, 3.05) is 46.5 Å². The Morgan fingerprint density at radius 1 is 1.00 bits per heavy atom. The summed E-state index contributed by atoms with van der Waals surface area (Å²) in [6.45, 7) is 4.37. The monoisotopic (exact) mass is 564 g/mol. The highest BCUT2D eigenvalue weighted by Crippen LogP contribution is 2.40. The molecule has 5 rings (SSSR count). The number of rotatable bonds is 7. The number of Topliss-reactive ketones (excluding diaryl/α,β-unsaturated/α-hetero) is 1. The van der Waals surface area contributed by atoms with Gasteiger partial charge in [0.2, 0.25) is 0 Å². The summed E-state index contributed by atoms with van der Waals surface area (Å²) in [5.74, 6) is -0.671.